The Hall–Kier alpha value is -2.35. The van der Waals surface area contributed by atoms with Crippen LogP contribution in [-0.4, -0.2) is 21.9 Å². The summed E-state index contributed by atoms with van der Waals surface area (Å²) in [6.07, 6.45) is -1.25. The monoisotopic (exact) mass is 356 g/mol. The molecule has 9 heteroatoms. The van der Waals surface area contributed by atoms with Crippen LogP contribution in [0.4, 0.5) is 24.7 Å². The Morgan fingerprint density at radius 3 is 2.62 bits per heavy atom. The van der Waals surface area contributed by atoms with Crippen LogP contribution in [0.25, 0.3) is 0 Å². The first kappa shape index (κ1) is 16.5. The lowest BCUT2D eigenvalue weighted by Gasteiger charge is -2.11. The molecule has 126 valence electrons. The third-order valence-electron chi connectivity index (χ3n) is 3.37. The molecule has 1 fully saturated rings. The first-order valence-electron chi connectivity index (χ1n) is 7.09. The average molecular weight is 357 g/mol. The van der Waals surface area contributed by atoms with Crippen LogP contribution in [0.2, 0.25) is 5.02 Å². The highest BCUT2D eigenvalue weighted by molar-refractivity contribution is 6.33. The number of aromatic nitrogens is 2. The van der Waals surface area contributed by atoms with Crippen LogP contribution >= 0.6 is 11.6 Å². The second kappa shape index (κ2) is 6.27. The Bertz CT molecular complexity index is 778. The molecule has 0 atom stereocenters. The maximum atomic E-state index is 12.8. The Kier molecular flexibility index (Phi) is 4.31. The van der Waals surface area contributed by atoms with Crippen molar-refractivity contribution < 1.29 is 18.0 Å². The van der Waals surface area contributed by atoms with Gasteiger partial charge in [-0.1, -0.05) is 11.6 Å². The summed E-state index contributed by atoms with van der Waals surface area (Å²) in [7, 11) is 0. The lowest BCUT2D eigenvalue weighted by molar-refractivity contribution is -0.137. The summed E-state index contributed by atoms with van der Waals surface area (Å²) in [6.45, 7) is 0. The maximum Gasteiger partial charge on any atom is 0.416 e. The van der Waals surface area contributed by atoms with E-state index < -0.39 is 17.6 Å². The van der Waals surface area contributed by atoms with E-state index in [0.717, 1.165) is 31.0 Å². The number of hydrogen-bond donors (Lipinski definition) is 2. The molecule has 0 unspecified atom stereocenters. The van der Waals surface area contributed by atoms with Crippen molar-refractivity contribution in [2.24, 2.45) is 0 Å². The maximum absolute atomic E-state index is 12.8. The highest BCUT2D eigenvalue weighted by Gasteiger charge is 2.31. The number of anilines is 2. The van der Waals surface area contributed by atoms with Crippen molar-refractivity contribution in [2.75, 3.05) is 10.6 Å². The van der Waals surface area contributed by atoms with Gasteiger partial charge < -0.3 is 10.6 Å². The van der Waals surface area contributed by atoms with Crippen molar-refractivity contribution in [3.63, 3.8) is 0 Å². The molecule has 1 saturated carbocycles. The van der Waals surface area contributed by atoms with Gasteiger partial charge in [0.1, 0.15) is 17.8 Å². The molecule has 2 N–H and O–H groups in total. The van der Waals surface area contributed by atoms with E-state index in [1.54, 1.807) is 0 Å². The summed E-state index contributed by atoms with van der Waals surface area (Å²) < 4.78 is 38.3. The highest BCUT2D eigenvalue weighted by atomic mass is 35.5. The van der Waals surface area contributed by atoms with E-state index >= 15 is 0 Å². The van der Waals surface area contributed by atoms with E-state index in [0.29, 0.717) is 11.9 Å². The lowest BCUT2D eigenvalue weighted by atomic mass is 10.2. The first-order valence-corrected chi connectivity index (χ1v) is 7.47. The zero-order valence-electron chi connectivity index (χ0n) is 12.2. The van der Waals surface area contributed by atoms with Gasteiger partial charge in [-0.25, -0.2) is 9.97 Å². The minimum Gasteiger partial charge on any atom is -0.367 e. The number of hydrogen-bond acceptors (Lipinski definition) is 4. The molecule has 0 spiro atoms. The third-order valence-corrected chi connectivity index (χ3v) is 3.70. The summed E-state index contributed by atoms with van der Waals surface area (Å²) >= 11 is 5.86. The van der Waals surface area contributed by atoms with Crippen molar-refractivity contribution in [2.45, 2.75) is 25.1 Å². The number of rotatable bonds is 4. The van der Waals surface area contributed by atoms with Gasteiger partial charge in [0.2, 0.25) is 0 Å². The zero-order chi connectivity index (χ0) is 17.3. The van der Waals surface area contributed by atoms with Gasteiger partial charge in [0.05, 0.1) is 16.3 Å². The molecule has 1 aromatic carbocycles. The van der Waals surface area contributed by atoms with Crippen LogP contribution in [0.3, 0.4) is 0 Å². The second-order valence-electron chi connectivity index (χ2n) is 5.35. The topological polar surface area (TPSA) is 66.9 Å². The van der Waals surface area contributed by atoms with E-state index in [-0.39, 0.29) is 16.4 Å². The van der Waals surface area contributed by atoms with E-state index in [1.165, 1.54) is 12.4 Å². The summed E-state index contributed by atoms with van der Waals surface area (Å²) in [6, 6.07) is 4.49. The Labute approximate surface area is 140 Å². The van der Waals surface area contributed by atoms with E-state index in [1.807, 2.05) is 0 Å². The quantitative estimate of drug-likeness (QED) is 0.869. The third kappa shape index (κ3) is 3.94. The minimum atomic E-state index is -4.53. The summed E-state index contributed by atoms with van der Waals surface area (Å²) in [5.41, 5.74) is -1.01. The number of carbonyl (C=O) groups is 1. The van der Waals surface area contributed by atoms with Crippen molar-refractivity contribution in [3.05, 3.63) is 46.9 Å². The predicted octanol–water partition coefficient (Wildman–Crippen LogP) is 3.98. The fraction of sp³-hybridized carbons (Fsp3) is 0.267. The number of nitrogens with one attached hydrogen (secondary N) is 2. The van der Waals surface area contributed by atoms with Crippen molar-refractivity contribution in [3.8, 4) is 0 Å². The fourth-order valence-electron chi connectivity index (χ4n) is 1.98. The summed E-state index contributed by atoms with van der Waals surface area (Å²) in [5, 5.41) is 5.46. The van der Waals surface area contributed by atoms with Crippen LogP contribution in [-0.2, 0) is 6.18 Å². The van der Waals surface area contributed by atoms with Gasteiger partial charge in [-0.3, -0.25) is 4.79 Å². The minimum absolute atomic E-state index is 0.00161. The van der Waals surface area contributed by atoms with Crippen LogP contribution in [0.15, 0.2) is 30.6 Å². The molecule has 0 radical (unpaired) electrons. The Morgan fingerprint density at radius 2 is 1.96 bits per heavy atom. The van der Waals surface area contributed by atoms with Gasteiger partial charge in [0.15, 0.2) is 0 Å². The predicted molar refractivity (Wildman–Crippen MR) is 83.1 cm³/mol. The largest absolute Gasteiger partial charge is 0.416 e. The van der Waals surface area contributed by atoms with Crippen molar-refractivity contribution >= 4 is 29.0 Å². The van der Waals surface area contributed by atoms with Crippen LogP contribution in [0.1, 0.15) is 28.9 Å². The summed E-state index contributed by atoms with van der Waals surface area (Å²) in [5.74, 6) is -0.176. The standard InChI is InChI=1S/C15H12ClF3N4O/c16-10-4-1-8(15(17,18)19)5-11(10)23-14(24)12-6-13(21-7-20-12)22-9-2-3-9/h1,4-7,9H,2-3H2,(H,23,24)(H,20,21,22). The molecule has 0 aliphatic heterocycles. The number of nitrogens with zero attached hydrogens (tertiary/aromatic N) is 2. The number of carbonyl (C=O) groups excluding carboxylic acids is 1. The van der Waals surface area contributed by atoms with Crippen LogP contribution < -0.4 is 10.6 Å². The van der Waals surface area contributed by atoms with Crippen LogP contribution in [0.5, 0.6) is 0 Å². The Morgan fingerprint density at radius 1 is 1.21 bits per heavy atom. The number of amides is 1. The molecule has 1 heterocycles. The second-order valence-corrected chi connectivity index (χ2v) is 5.76. The van der Waals surface area contributed by atoms with Crippen molar-refractivity contribution in [1.82, 2.24) is 9.97 Å². The molecule has 1 aliphatic carbocycles. The Balaban J connectivity index is 1.79. The molecule has 1 aromatic heterocycles. The molecule has 24 heavy (non-hydrogen) atoms. The van der Waals surface area contributed by atoms with E-state index in [2.05, 4.69) is 20.6 Å². The molecule has 2 aromatic rings. The van der Waals surface area contributed by atoms with Gasteiger partial charge in [-0.05, 0) is 31.0 Å². The zero-order valence-corrected chi connectivity index (χ0v) is 12.9. The number of alkyl halides is 3. The fourth-order valence-corrected chi connectivity index (χ4v) is 2.15. The first-order chi connectivity index (χ1) is 11.3. The molecular weight excluding hydrogens is 345 g/mol. The number of halogens is 4. The van der Waals surface area contributed by atoms with Gasteiger partial charge in [0.25, 0.3) is 5.91 Å². The highest BCUT2D eigenvalue weighted by Crippen LogP contribution is 2.34. The van der Waals surface area contributed by atoms with Gasteiger partial charge in [-0.2, -0.15) is 13.2 Å². The molecule has 0 saturated heterocycles. The van der Waals surface area contributed by atoms with Gasteiger partial charge in [0, 0.05) is 12.1 Å². The molecule has 5 nitrogen and oxygen atoms in total. The number of benzene rings is 1. The SMILES string of the molecule is O=C(Nc1cc(C(F)(F)F)ccc1Cl)c1cc(NC2CC2)ncn1. The van der Waals surface area contributed by atoms with Crippen LogP contribution in [0, 0.1) is 0 Å². The smallest absolute Gasteiger partial charge is 0.367 e. The van der Waals surface area contributed by atoms with E-state index in [4.69, 9.17) is 11.6 Å². The molecule has 1 aliphatic rings. The van der Waals surface area contributed by atoms with E-state index in [9.17, 15) is 18.0 Å². The van der Waals surface area contributed by atoms with Gasteiger partial charge >= 0.3 is 6.18 Å². The average Bonchev–Trinajstić information content (AvgIpc) is 3.32. The lowest BCUT2D eigenvalue weighted by Crippen LogP contribution is -2.16. The van der Waals surface area contributed by atoms with Gasteiger partial charge in [-0.15, -0.1) is 0 Å². The summed E-state index contributed by atoms with van der Waals surface area (Å²) in [4.78, 5) is 20.0. The normalized spacial score (nSPS) is 14.3. The van der Waals surface area contributed by atoms with Crippen molar-refractivity contribution in [1.29, 1.82) is 0 Å². The molecule has 0 bridgehead atoms. The molecule has 3 rings (SSSR count). The molecule has 1 amide bonds. The molecular formula is C15H12ClF3N4O.